The Balaban J connectivity index is 1.82. The first-order chi connectivity index (χ1) is 10.8. The van der Waals surface area contributed by atoms with Gasteiger partial charge in [0.25, 0.3) is 0 Å². The third kappa shape index (κ3) is 3.36. The van der Waals surface area contributed by atoms with Gasteiger partial charge in [0, 0.05) is 10.9 Å². The van der Waals surface area contributed by atoms with Gasteiger partial charge in [-0.05, 0) is 43.5 Å². The zero-order valence-electron chi connectivity index (χ0n) is 13.5. The summed E-state index contributed by atoms with van der Waals surface area (Å²) in [4.78, 5) is 4.79. The first kappa shape index (κ1) is 14.8. The summed E-state index contributed by atoms with van der Waals surface area (Å²) in [7, 11) is 0. The van der Waals surface area contributed by atoms with Crippen molar-refractivity contribution in [2.45, 2.75) is 39.5 Å². The summed E-state index contributed by atoms with van der Waals surface area (Å²) in [5.74, 6) is 0. The second kappa shape index (κ2) is 6.74. The van der Waals surface area contributed by atoms with Gasteiger partial charge in [-0.3, -0.25) is 0 Å². The molecule has 0 spiro atoms. The third-order valence-electron chi connectivity index (χ3n) is 4.16. The average Bonchev–Trinajstić information content (AvgIpc) is 2.55. The lowest BCUT2D eigenvalue weighted by Gasteiger charge is -2.06. The van der Waals surface area contributed by atoms with Crippen LogP contribution in [0.5, 0.6) is 0 Å². The molecule has 1 aromatic heterocycles. The molecule has 0 fully saturated rings. The lowest BCUT2D eigenvalue weighted by atomic mass is 10.0. The molecule has 0 N–H and O–H groups in total. The zero-order chi connectivity index (χ0) is 15.4. The predicted octanol–water partition coefficient (Wildman–Crippen LogP) is 5.94. The van der Waals surface area contributed by atoms with Gasteiger partial charge in [0.05, 0.1) is 11.2 Å². The van der Waals surface area contributed by atoms with Crippen molar-refractivity contribution in [3.63, 3.8) is 0 Å². The molecule has 0 unspecified atom stereocenters. The highest BCUT2D eigenvalue weighted by Crippen LogP contribution is 2.22. The first-order valence-electron chi connectivity index (χ1n) is 8.23. The number of aromatic nitrogens is 1. The third-order valence-corrected chi connectivity index (χ3v) is 4.16. The molecule has 1 heteroatoms. The average molecular weight is 289 g/mol. The first-order valence-corrected chi connectivity index (χ1v) is 8.23. The van der Waals surface area contributed by atoms with E-state index in [1.165, 1.54) is 47.8 Å². The van der Waals surface area contributed by atoms with Gasteiger partial charge in [-0.1, -0.05) is 61.7 Å². The maximum atomic E-state index is 4.79. The number of benzene rings is 2. The summed E-state index contributed by atoms with van der Waals surface area (Å²) in [6.07, 6.45) is 5.05. The number of hydrogen-bond donors (Lipinski definition) is 0. The Morgan fingerprint density at radius 1 is 0.864 bits per heavy atom. The minimum atomic E-state index is 1.05. The Morgan fingerprint density at radius 2 is 1.68 bits per heavy atom. The summed E-state index contributed by atoms with van der Waals surface area (Å²) >= 11 is 0. The molecule has 0 aliphatic rings. The van der Waals surface area contributed by atoms with Crippen molar-refractivity contribution >= 4 is 10.9 Å². The molecule has 0 radical (unpaired) electrons. The van der Waals surface area contributed by atoms with Crippen LogP contribution in [-0.2, 0) is 6.42 Å². The van der Waals surface area contributed by atoms with Crippen molar-refractivity contribution in [1.82, 2.24) is 4.98 Å². The lowest BCUT2D eigenvalue weighted by Crippen LogP contribution is -1.88. The summed E-state index contributed by atoms with van der Waals surface area (Å²) in [5.41, 5.74) is 6.01. The number of rotatable bonds is 5. The van der Waals surface area contributed by atoms with E-state index in [1.807, 2.05) is 0 Å². The second-order valence-corrected chi connectivity index (χ2v) is 6.05. The molecule has 0 saturated carbocycles. The van der Waals surface area contributed by atoms with E-state index in [1.54, 1.807) is 0 Å². The SMILES string of the molecule is CCCCCc1ccc(-c2ccc3cc(C)ccc3n2)cc1. The van der Waals surface area contributed by atoms with Crippen LogP contribution in [0.4, 0.5) is 0 Å². The molecule has 0 saturated heterocycles. The fourth-order valence-corrected chi connectivity index (χ4v) is 2.83. The van der Waals surface area contributed by atoms with Gasteiger partial charge >= 0.3 is 0 Å². The van der Waals surface area contributed by atoms with E-state index in [9.17, 15) is 0 Å². The Labute approximate surface area is 133 Å². The zero-order valence-corrected chi connectivity index (χ0v) is 13.5. The molecule has 2 aromatic carbocycles. The summed E-state index contributed by atoms with van der Waals surface area (Å²) in [6, 6.07) is 19.6. The molecule has 0 aliphatic carbocycles. The van der Waals surface area contributed by atoms with Crippen LogP contribution in [0.25, 0.3) is 22.2 Å². The lowest BCUT2D eigenvalue weighted by molar-refractivity contribution is 0.717. The fraction of sp³-hybridized carbons (Fsp3) is 0.286. The molecule has 0 atom stereocenters. The van der Waals surface area contributed by atoms with Crippen LogP contribution in [0.15, 0.2) is 54.6 Å². The number of nitrogens with zero attached hydrogens (tertiary/aromatic N) is 1. The van der Waals surface area contributed by atoms with E-state index < -0.39 is 0 Å². The van der Waals surface area contributed by atoms with E-state index in [0.717, 1.165) is 11.2 Å². The van der Waals surface area contributed by atoms with Crippen LogP contribution in [0, 0.1) is 6.92 Å². The topological polar surface area (TPSA) is 12.9 Å². The molecule has 3 aromatic rings. The minimum absolute atomic E-state index is 1.05. The van der Waals surface area contributed by atoms with Gasteiger partial charge in [0.2, 0.25) is 0 Å². The van der Waals surface area contributed by atoms with Gasteiger partial charge in [0.1, 0.15) is 0 Å². The highest BCUT2D eigenvalue weighted by molar-refractivity contribution is 5.82. The van der Waals surface area contributed by atoms with Crippen molar-refractivity contribution in [1.29, 1.82) is 0 Å². The van der Waals surface area contributed by atoms with E-state index >= 15 is 0 Å². The Morgan fingerprint density at radius 3 is 2.45 bits per heavy atom. The van der Waals surface area contributed by atoms with Gasteiger partial charge in [-0.25, -0.2) is 4.98 Å². The van der Waals surface area contributed by atoms with E-state index in [-0.39, 0.29) is 0 Å². The molecule has 0 amide bonds. The number of pyridine rings is 1. The monoisotopic (exact) mass is 289 g/mol. The molecule has 0 aliphatic heterocycles. The number of fused-ring (bicyclic) bond motifs is 1. The summed E-state index contributed by atoms with van der Waals surface area (Å²) in [6.45, 7) is 4.36. The van der Waals surface area contributed by atoms with Crippen molar-refractivity contribution in [2.24, 2.45) is 0 Å². The number of hydrogen-bond acceptors (Lipinski definition) is 1. The Bertz CT molecular complexity index is 756. The minimum Gasteiger partial charge on any atom is -0.248 e. The molecule has 3 rings (SSSR count). The van der Waals surface area contributed by atoms with Crippen molar-refractivity contribution in [2.75, 3.05) is 0 Å². The van der Waals surface area contributed by atoms with E-state index in [4.69, 9.17) is 4.98 Å². The van der Waals surface area contributed by atoms with E-state index in [0.29, 0.717) is 0 Å². The maximum absolute atomic E-state index is 4.79. The maximum Gasteiger partial charge on any atom is 0.0709 e. The Kier molecular flexibility index (Phi) is 4.53. The van der Waals surface area contributed by atoms with Crippen LogP contribution in [-0.4, -0.2) is 4.98 Å². The molecule has 1 nitrogen and oxygen atoms in total. The van der Waals surface area contributed by atoms with Gasteiger partial charge in [-0.15, -0.1) is 0 Å². The van der Waals surface area contributed by atoms with Crippen molar-refractivity contribution < 1.29 is 0 Å². The van der Waals surface area contributed by atoms with Crippen LogP contribution in [0.3, 0.4) is 0 Å². The molecule has 1 heterocycles. The number of unbranched alkanes of at least 4 members (excludes halogenated alkanes) is 2. The van der Waals surface area contributed by atoms with Gasteiger partial charge in [0.15, 0.2) is 0 Å². The van der Waals surface area contributed by atoms with Crippen molar-refractivity contribution in [3.05, 3.63) is 65.7 Å². The molecule has 0 bridgehead atoms. The van der Waals surface area contributed by atoms with Crippen LogP contribution < -0.4 is 0 Å². The molecular formula is C21H23N. The second-order valence-electron chi connectivity index (χ2n) is 6.05. The quantitative estimate of drug-likeness (QED) is 0.529. The highest BCUT2D eigenvalue weighted by Gasteiger charge is 2.02. The molecule has 22 heavy (non-hydrogen) atoms. The standard InChI is InChI=1S/C21H23N/c1-3-4-5-6-17-8-10-18(11-9-17)20-14-12-19-15-16(2)7-13-21(19)22-20/h7-15H,3-6H2,1-2H3. The van der Waals surface area contributed by atoms with Gasteiger partial charge in [-0.2, -0.15) is 0 Å². The van der Waals surface area contributed by atoms with Crippen LogP contribution in [0.1, 0.15) is 37.3 Å². The summed E-state index contributed by atoms with van der Waals surface area (Å²) < 4.78 is 0. The predicted molar refractivity (Wildman–Crippen MR) is 95.1 cm³/mol. The number of aryl methyl sites for hydroxylation is 2. The highest BCUT2D eigenvalue weighted by atomic mass is 14.7. The smallest absolute Gasteiger partial charge is 0.0709 e. The van der Waals surface area contributed by atoms with Crippen molar-refractivity contribution in [3.8, 4) is 11.3 Å². The Hall–Kier alpha value is -2.15. The van der Waals surface area contributed by atoms with Crippen LogP contribution in [0.2, 0.25) is 0 Å². The largest absolute Gasteiger partial charge is 0.248 e. The van der Waals surface area contributed by atoms with E-state index in [2.05, 4.69) is 68.4 Å². The van der Waals surface area contributed by atoms with Gasteiger partial charge < -0.3 is 0 Å². The normalized spacial score (nSPS) is 11.0. The fourth-order valence-electron chi connectivity index (χ4n) is 2.83. The molecular weight excluding hydrogens is 266 g/mol. The van der Waals surface area contributed by atoms with Crippen LogP contribution >= 0.6 is 0 Å². The summed E-state index contributed by atoms with van der Waals surface area (Å²) in [5, 5.41) is 1.21. The molecule has 112 valence electrons.